The Bertz CT molecular complexity index is 2100. The lowest BCUT2D eigenvalue weighted by Crippen LogP contribution is -2.38. The SMILES string of the molecule is C=CC(=O)OCCCCc1ccc(-c2c3ccccc3c(-c3ccc4c(c3)C(C)(C(F)(F)F)c3ccccc3-4)c3ccccc23)cc1. The Hall–Kier alpha value is -5.16. The molecule has 7 rings (SSSR count). The number of benzene rings is 6. The second-order valence-corrected chi connectivity index (χ2v) is 12.3. The molecule has 2 nitrogen and oxygen atoms in total. The van der Waals surface area contributed by atoms with Crippen molar-refractivity contribution in [3.63, 3.8) is 0 Å². The van der Waals surface area contributed by atoms with Gasteiger partial charge >= 0.3 is 12.1 Å². The maximum atomic E-state index is 14.9. The standard InChI is InChI=1S/C42H33F3O2/c1-3-38(46)47-25-11-10-12-27-19-21-28(22-20-27)39-32-14-4-6-16-34(32)40(35-17-7-5-15-33(35)39)29-23-24-31-30-13-8-9-18-36(30)41(2,37(31)26-29)42(43,44)45/h3-9,13-24,26H,1,10-12,25H2,2H3. The van der Waals surface area contributed by atoms with Crippen molar-refractivity contribution in [1.29, 1.82) is 0 Å². The van der Waals surface area contributed by atoms with Crippen molar-refractivity contribution in [3.8, 4) is 33.4 Å². The van der Waals surface area contributed by atoms with Crippen LogP contribution in [0.2, 0.25) is 0 Å². The highest BCUT2D eigenvalue weighted by atomic mass is 19.4. The lowest BCUT2D eigenvalue weighted by atomic mass is 9.78. The summed E-state index contributed by atoms with van der Waals surface area (Å²) in [5.74, 6) is -0.402. The van der Waals surface area contributed by atoms with Crippen LogP contribution in [-0.4, -0.2) is 18.8 Å². The quantitative estimate of drug-likeness (QED) is 0.0727. The van der Waals surface area contributed by atoms with Gasteiger partial charge in [0.2, 0.25) is 0 Å². The summed E-state index contributed by atoms with van der Waals surface area (Å²) in [5, 5.41) is 4.06. The molecule has 234 valence electrons. The number of alkyl halides is 3. The van der Waals surface area contributed by atoms with Crippen LogP contribution in [-0.2, 0) is 21.4 Å². The molecule has 1 unspecified atom stereocenters. The molecule has 1 aliphatic carbocycles. The highest BCUT2D eigenvalue weighted by molar-refractivity contribution is 6.21. The topological polar surface area (TPSA) is 26.3 Å². The minimum absolute atomic E-state index is 0.287. The summed E-state index contributed by atoms with van der Waals surface area (Å²) in [6.07, 6.45) is -0.762. The number of carbonyl (C=O) groups is 1. The first-order chi connectivity index (χ1) is 22.7. The number of rotatable bonds is 8. The zero-order chi connectivity index (χ0) is 32.8. The maximum Gasteiger partial charge on any atom is 0.402 e. The van der Waals surface area contributed by atoms with E-state index in [4.69, 9.17) is 4.74 Å². The molecule has 0 bridgehead atoms. The van der Waals surface area contributed by atoms with Crippen LogP contribution >= 0.6 is 0 Å². The summed E-state index contributed by atoms with van der Waals surface area (Å²) >= 11 is 0. The predicted octanol–water partition coefficient (Wildman–Crippen LogP) is 11.2. The summed E-state index contributed by atoms with van der Waals surface area (Å²) < 4.78 is 49.9. The fourth-order valence-corrected chi connectivity index (χ4v) is 7.20. The van der Waals surface area contributed by atoms with Crippen molar-refractivity contribution in [2.24, 2.45) is 0 Å². The Kier molecular flexibility index (Phi) is 7.71. The van der Waals surface area contributed by atoms with E-state index >= 15 is 0 Å². The van der Waals surface area contributed by atoms with Gasteiger partial charge in [0.1, 0.15) is 5.41 Å². The zero-order valence-electron chi connectivity index (χ0n) is 26.0. The van der Waals surface area contributed by atoms with Crippen LogP contribution in [0.25, 0.3) is 54.9 Å². The van der Waals surface area contributed by atoms with E-state index in [0.717, 1.165) is 63.1 Å². The van der Waals surface area contributed by atoms with Gasteiger partial charge < -0.3 is 4.74 Å². The van der Waals surface area contributed by atoms with Crippen LogP contribution in [0.15, 0.2) is 128 Å². The highest BCUT2D eigenvalue weighted by Gasteiger charge is 2.58. The Morgan fingerprint density at radius 1 is 0.702 bits per heavy atom. The molecule has 5 heteroatoms. The molecule has 0 spiro atoms. The molecule has 0 aliphatic heterocycles. The largest absolute Gasteiger partial charge is 0.463 e. The molecule has 0 aromatic heterocycles. The molecule has 6 aromatic carbocycles. The van der Waals surface area contributed by atoms with Crippen LogP contribution in [0, 0.1) is 0 Å². The van der Waals surface area contributed by atoms with E-state index in [1.807, 2.05) is 36.4 Å². The second-order valence-electron chi connectivity index (χ2n) is 12.3. The van der Waals surface area contributed by atoms with Gasteiger partial charge in [-0.15, -0.1) is 0 Å². The van der Waals surface area contributed by atoms with E-state index in [2.05, 4.69) is 55.1 Å². The van der Waals surface area contributed by atoms with Crippen molar-refractivity contribution in [2.45, 2.75) is 37.8 Å². The summed E-state index contributed by atoms with van der Waals surface area (Å²) in [5.41, 5.74) is 4.79. The molecule has 0 amide bonds. The number of esters is 1. The number of carbonyl (C=O) groups excluding carboxylic acids is 1. The van der Waals surface area contributed by atoms with Gasteiger partial charge in [-0.1, -0.05) is 116 Å². The van der Waals surface area contributed by atoms with Gasteiger partial charge in [0.05, 0.1) is 6.61 Å². The van der Waals surface area contributed by atoms with Crippen molar-refractivity contribution >= 4 is 27.5 Å². The van der Waals surface area contributed by atoms with E-state index in [9.17, 15) is 18.0 Å². The van der Waals surface area contributed by atoms with Gasteiger partial charge in [-0.05, 0) is 104 Å². The van der Waals surface area contributed by atoms with E-state index in [1.165, 1.54) is 18.6 Å². The van der Waals surface area contributed by atoms with Gasteiger partial charge in [0.15, 0.2) is 0 Å². The molecule has 0 radical (unpaired) electrons. The Morgan fingerprint density at radius 3 is 1.83 bits per heavy atom. The molecule has 0 N–H and O–H groups in total. The first kappa shape index (κ1) is 30.5. The lowest BCUT2D eigenvalue weighted by molar-refractivity contribution is -0.172. The number of aryl methyl sites for hydroxylation is 1. The molecule has 47 heavy (non-hydrogen) atoms. The molecule has 1 aliphatic rings. The number of halogens is 3. The first-order valence-electron chi connectivity index (χ1n) is 15.9. The van der Waals surface area contributed by atoms with Gasteiger partial charge in [0.25, 0.3) is 0 Å². The fourth-order valence-electron chi connectivity index (χ4n) is 7.20. The smallest absolute Gasteiger partial charge is 0.402 e. The van der Waals surface area contributed by atoms with Gasteiger partial charge in [-0.2, -0.15) is 13.2 Å². The predicted molar refractivity (Wildman–Crippen MR) is 184 cm³/mol. The summed E-state index contributed by atoms with van der Waals surface area (Å²) in [6.45, 7) is 5.10. The van der Waals surface area contributed by atoms with Crippen LogP contribution < -0.4 is 0 Å². The van der Waals surface area contributed by atoms with Gasteiger partial charge in [0, 0.05) is 6.08 Å². The van der Waals surface area contributed by atoms with Gasteiger partial charge in [-0.25, -0.2) is 4.79 Å². The lowest BCUT2D eigenvalue weighted by Gasteiger charge is -2.30. The molecular formula is C42H33F3O2. The van der Waals surface area contributed by atoms with E-state index in [-0.39, 0.29) is 5.56 Å². The third-order valence-electron chi connectivity index (χ3n) is 9.61. The molecular weight excluding hydrogens is 593 g/mol. The van der Waals surface area contributed by atoms with Crippen LogP contribution in [0.3, 0.4) is 0 Å². The summed E-state index contributed by atoms with van der Waals surface area (Å²) in [7, 11) is 0. The molecule has 0 saturated heterocycles. The van der Waals surface area contributed by atoms with Gasteiger partial charge in [-0.3, -0.25) is 0 Å². The molecule has 1 atom stereocenters. The first-order valence-corrected chi connectivity index (χ1v) is 15.9. The minimum Gasteiger partial charge on any atom is -0.463 e. The number of hydrogen-bond donors (Lipinski definition) is 0. The van der Waals surface area contributed by atoms with E-state index in [1.54, 1.807) is 30.3 Å². The van der Waals surface area contributed by atoms with Crippen LogP contribution in [0.4, 0.5) is 13.2 Å². The van der Waals surface area contributed by atoms with Crippen molar-refractivity contribution in [2.75, 3.05) is 6.61 Å². The third-order valence-corrected chi connectivity index (χ3v) is 9.61. The normalized spacial score (nSPS) is 15.4. The maximum absolute atomic E-state index is 14.9. The Morgan fingerprint density at radius 2 is 1.23 bits per heavy atom. The summed E-state index contributed by atoms with van der Waals surface area (Å²) in [6, 6.07) is 37.4. The molecule has 0 fully saturated rings. The van der Waals surface area contributed by atoms with Crippen LogP contribution in [0.1, 0.15) is 36.5 Å². The number of unbranched alkanes of at least 4 members (excludes halogenated alkanes) is 1. The van der Waals surface area contributed by atoms with Crippen molar-refractivity contribution < 1.29 is 22.7 Å². The third kappa shape index (κ3) is 5.11. The van der Waals surface area contributed by atoms with E-state index in [0.29, 0.717) is 23.3 Å². The Balaban J connectivity index is 1.33. The van der Waals surface area contributed by atoms with Crippen LogP contribution in [0.5, 0.6) is 0 Å². The average molecular weight is 627 g/mol. The number of fused-ring (bicyclic) bond motifs is 5. The fraction of sp³-hybridized carbons (Fsp3) is 0.167. The average Bonchev–Trinajstić information content (AvgIpc) is 3.36. The van der Waals surface area contributed by atoms with Crippen molar-refractivity contribution in [3.05, 3.63) is 145 Å². The zero-order valence-corrected chi connectivity index (χ0v) is 26.0. The number of ether oxygens (including phenoxy) is 1. The minimum atomic E-state index is -4.47. The second kappa shape index (κ2) is 11.9. The highest BCUT2D eigenvalue weighted by Crippen LogP contribution is 2.57. The Labute approximate surface area is 272 Å². The number of hydrogen-bond acceptors (Lipinski definition) is 2. The van der Waals surface area contributed by atoms with E-state index < -0.39 is 17.6 Å². The summed E-state index contributed by atoms with van der Waals surface area (Å²) in [4.78, 5) is 11.3. The molecule has 0 heterocycles. The molecule has 6 aromatic rings. The monoisotopic (exact) mass is 626 g/mol. The van der Waals surface area contributed by atoms with Crippen molar-refractivity contribution in [1.82, 2.24) is 0 Å². The molecule has 0 saturated carbocycles.